The molecule has 2 aromatic carbocycles. The average Bonchev–Trinajstić information content (AvgIpc) is 3.09. The van der Waals surface area contributed by atoms with Crippen molar-refractivity contribution in [2.24, 2.45) is 0 Å². The molecule has 0 spiro atoms. The second kappa shape index (κ2) is 7.97. The molecule has 3 N–H and O–H groups in total. The van der Waals surface area contributed by atoms with Crippen molar-refractivity contribution in [1.29, 1.82) is 0 Å². The molecule has 0 fully saturated rings. The molecule has 0 aliphatic rings. The summed E-state index contributed by atoms with van der Waals surface area (Å²) in [5.41, 5.74) is 9.11. The van der Waals surface area contributed by atoms with Crippen LogP contribution in [0.2, 0.25) is 0 Å². The molecule has 0 radical (unpaired) electrons. The van der Waals surface area contributed by atoms with Crippen molar-refractivity contribution in [2.45, 2.75) is 13.0 Å². The van der Waals surface area contributed by atoms with Crippen molar-refractivity contribution in [2.75, 3.05) is 11.1 Å². The first-order valence-corrected chi connectivity index (χ1v) is 8.11. The number of aromatic nitrogens is 2. The summed E-state index contributed by atoms with van der Waals surface area (Å²) >= 11 is 0. The number of rotatable bonds is 6. The lowest BCUT2D eigenvalue weighted by atomic mass is 10.1. The fourth-order valence-electron chi connectivity index (χ4n) is 2.43. The van der Waals surface area contributed by atoms with Gasteiger partial charge in [-0.15, -0.1) is 0 Å². The van der Waals surface area contributed by atoms with E-state index < -0.39 is 0 Å². The van der Waals surface area contributed by atoms with Crippen molar-refractivity contribution >= 4 is 23.4 Å². The van der Waals surface area contributed by atoms with E-state index in [4.69, 9.17) is 5.73 Å². The molecule has 0 aliphatic carbocycles. The topological polar surface area (TPSA) is 72.9 Å². The maximum absolute atomic E-state index is 12.0. The number of hydrogen-bond acceptors (Lipinski definition) is 3. The van der Waals surface area contributed by atoms with Gasteiger partial charge in [-0.25, -0.2) is 0 Å². The van der Waals surface area contributed by atoms with Gasteiger partial charge in [-0.3, -0.25) is 9.48 Å². The summed E-state index contributed by atoms with van der Waals surface area (Å²) in [5, 5.41) is 7.08. The molecule has 1 amide bonds. The minimum absolute atomic E-state index is 0.227. The Bertz CT molecular complexity index is 868. The summed E-state index contributed by atoms with van der Waals surface area (Å²) < 4.78 is 1.87. The zero-order valence-corrected chi connectivity index (χ0v) is 13.8. The molecule has 1 heterocycles. The average molecular weight is 332 g/mol. The van der Waals surface area contributed by atoms with Gasteiger partial charge in [0.25, 0.3) is 0 Å². The Morgan fingerprint density at radius 1 is 1.12 bits per heavy atom. The lowest BCUT2D eigenvalue weighted by molar-refractivity contribution is -0.111. The van der Waals surface area contributed by atoms with Crippen molar-refractivity contribution < 1.29 is 4.79 Å². The number of hydrogen-bond donors (Lipinski definition) is 2. The standard InChI is InChI=1S/C20H20N4O/c21-18-8-4-5-9-19(18)23-20(25)11-10-17-14-22-24(15-17)13-12-16-6-2-1-3-7-16/h1-11,14-15H,12-13,21H2,(H,23,25)/b11-10+. The molecular formula is C20H20N4O. The van der Waals surface area contributed by atoms with Crippen molar-refractivity contribution in [3.8, 4) is 0 Å². The van der Waals surface area contributed by atoms with Crippen LogP contribution in [0, 0.1) is 0 Å². The van der Waals surface area contributed by atoms with Crippen LogP contribution in [0.4, 0.5) is 11.4 Å². The predicted molar refractivity (Wildman–Crippen MR) is 101 cm³/mol. The fourth-order valence-corrected chi connectivity index (χ4v) is 2.43. The van der Waals surface area contributed by atoms with Crippen molar-refractivity contribution in [3.63, 3.8) is 0 Å². The second-order valence-electron chi connectivity index (χ2n) is 5.68. The van der Waals surface area contributed by atoms with E-state index in [0.29, 0.717) is 11.4 Å². The maximum atomic E-state index is 12.0. The number of carbonyl (C=O) groups is 1. The molecule has 3 rings (SSSR count). The first kappa shape index (κ1) is 16.5. The van der Waals surface area contributed by atoms with Crippen LogP contribution in [-0.4, -0.2) is 15.7 Å². The summed E-state index contributed by atoms with van der Waals surface area (Å²) in [6.07, 6.45) is 7.79. The maximum Gasteiger partial charge on any atom is 0.248 e. The second-order valence-corrected chi connectivity index (χ2v) is 5.68. The SMILES string of the molecule is Nc1ccccc1NC(=O)/C=C/c1cnn(CCc2ccccc2)c1. The van der Waals surface area contributed by atoms with Gasteiger partial charge in [-0.2, -0.15) is 5.10 Å². The quantitative estimate of drug-likeness (QED) is 0.537. The smallest absolute Gasteiger partial charge is 0.248 e. The van der Waals surface area contributed by atoms with E-state index in [2.05, 4.69) is 22.5 Å². The van der Waals surface area contributed by atoms with E-state index in [9.17, 15) is 4.79 Å². The van der Waals surface area contributed by atoms with Gasteiger partial charge >= 0.3 is 0 Å². The molecule has 0 atom stereocenters. The predicted octanol–water partition coefficient (Wildman–Crippen LogP) is 3.36. The van der Waals surface area contributed by atoms with Crippen LogP contribution in [0.5, 0.6) is 0 Å². The Labute approximate surface area is 146 Å². The van der Waals surface area contributed by atoms with E-state index in [-0.39, 0.29) is 5.91 Å². The normalized spacial score (nSPS) is 10.9. The highest BCUT2D eigenvalue weighted by atomic mass is 16.1. The Morgan fingerprint density at radius 2 is 1.88 bits per heavy atom. The third-order valence-electron chi connectivity index (χ3n) is 3.77. The largest absolute Gasteiger partial charge is 0.397 e. The number of para-hydroxylation sites is 2. The van der Waals surface area contributed by atoms with E-state index >= 15 is 0 Å². The van der Waals surface area contributed by atoms with Gasteiger partial charge in [-0.1, -0.05) is 42.5 Å². The molecule has 0 saturated carbocycles. The summed E-state index contributed by atoms with van der Waals surface area (Å²) in [6.45, 7) is 0.796. The first-order valence-electron chi connectivity index (χ1n) is 8.11. The summed E-state index contributed by atoms with van der Waals surface area (Å²) in [6, 6.07) is 17.4. The molecule has 0 bridgehead atoms. The van der Waals surface area contributed by atoms with Gasteiger partial charge in [0.15, 0.2) is 0 Å². The van der Waals surface area contributed by atoms with Crippen LogP contribution in [0.1, 0.15) is 11.1 Å². The minimum atomic E-state index is -0.227. The zero-order valence-electron chi connectivity index (χ0n) is 13.8. The number of nitrogen functional groups attached to an aromatic ring is 1. The van der Waals surface area contributed by atoms with Gasteiger partial charge < -0.3 is 11.1 Å². The number of nitrogens with zero attached hydrogens (tertiary/aromatic N) is 2. The van der Waals surface area contributed by atoms with Gasteiger partial charge in [0, 0.05) is 24.4 Å². The zero-order chi connectivity index (χ0) is 17.5. The molecule has 0 aliphatic heterocycles. The van der Waals surface area contributed by atoms with Crippen LogP contribution in [0.15, 0.2) is 73.1 Å². The van der Waals surface area contributed by atoms with E-state index in [1.165, 1.54) is 11.6 Å². The third-order valence-corrected chi connectivity index (χ3v) is 3.77. The summed E-state index contributed by atoms with van der Waals surface area (Å²) in [4.78, 5) is 12.0. The number of anilines is 2. The molecule has 0 saturated heterocycles. The van der Waals surface area contributed by atoms with E-state index in [1.807, 2.05) is 41.2 Å². The Balaban J connectivity index is 1.54. The van der Waals surface area contributed by atoms with Crippen molar-refractivity contribution in [3.05, 3.63) is 84.2 Å². The van der Waals surface area contributed by atoms with Crippen LogP contribution in [0.3, 0.4) is 0 Å². The minimum Gasteiger partial charge on any atom is -0.397 e. The molecule has 126 valence electrons. The lowest BCUT2D eigenvalue weighted by Gasteiger charge is -2.04. The van der Waals surface area contributed by atoms with Gasteiger partial charge in [0.2, 0.25) is 5.91 Å². The highest BCUT2D eigenvalue weighted by molar-refractivity contribution is 6.03. The molecule has 5 nitrogen and oxygen atoms in total. The highest BCUT2D eigenvalue weighted by Crippen LogP contribution is 2.16. The van der Waals surface area contributed by atoms with Crippen molar-refractivity contribution in [1.82, 2.24) is 9.78 Å². The summed E-state index contributed by atoms with van der Waals surface area (Å²) in [7, 11) is 0. The third kappa shape index (κ3) is 4.81. The van der Waals surface area contributed by atoms with Crippen LogP contribution < -0.4 is 11.1 Å². The van der Waals surface area contributed by atoms with Gasteiger partial charge in [-0.05, 0) is 30.2 Å². The van der Waals surface area contributed by atoms with E-state index in [0.717, 1.165) is 18.5 Å². The Morgan fingerprint density at radius 3 is 2.68 bits per heavy atom. The monoisotopic (exact) mass is 332 g/mol. The van der Waals surface area contributed by atoms with Crippen LogP contribution >= 0.6 is 0 Å². The van der Waals surface area contributed by atoms with Crippen LogP contribution in [0.25, 0.3) is 6.08 Å². The fraction of sp³-hybridized carbons (Fsp3) is 0.100. The number of aryl methyl sites for hydroxylation is 2. The Kier molecular flexibility index (Phi) is 5.26. The first-order chi connectivity index (χ1) is 12.2. The Hall–Kier alpha value is -3.34. The van der Waals surface area contributed by atoms with E-state index in [1.54, 1.807) is 24.4 Å². The number of amides is 1. The number of nitrogens with two attached hydrogens (primary N) is 1. The van der Waals surface area contributed by atoms with Crippen LogP contribution in [-0.2, 0) is 17.8 Å². The molecule has 5 heteroatoms. The molecule has 1 aromatic heterocycles. The number of carbonyl (C=O) groups excluding carboxylic acids is 1. The highest BCUT2D eigenvalue weighted by Gasteiger charge is 2.02. The number of nitrogens with one attached hydrogen (secondary N) is 1. The molecule has 0 unspecified atom stereocenters. The lowest BCUT2D eigenvalue weighted by Crippen LogP contribution is -2.09. The van der Waals surface area contributed by atoms with Gasteiger partial charge in [0.05, 0.1) is 17.6 Å². The molecule has 25 heavy (non-hydrogen) atoms. The summed E-state index contributed by atoms with van der Waals surface area (Å²) in [5.74, 6) is -0.227. The molecular weight excluding hydrogens is 312 g/mol. The molecule has 3 aromatic rings. The van der Waals surface area contributed by atoms with Gasteiger partial charge in [0.1, 0.15) is 0 Å². The number of benzene rings is 2.